The Hall–Kier alpha value is -1.17. The van der Waals surface area contributed by atoms with Crippen molar-refractivity contribution >= 4 is 32.1 Å². The topological polar surface area (TPSA) is 38.0 Å². The fourth-order valence-corrected chi connectivity index (χ4v) is 3.80. The number of nitrogens with zero attached hydrogens (tertiary/aromatic N) is 2. The number of aliphatic hydroxyl groups excluding tert-OH is 1. The number of aliphatic hydroxyl groups is 1. The molecule has 3 aromatic rings. The van der Waals surface area contributed by atoms with Gasteiger partial charge in [0.2, 0.25) is 0 Å². The molecule has 0 aromatic carbocycles. The first-order valence-corrected chi connectivity index (χ1v) is 6.57. The van der Waals surface area contributed by atoms with Crippen molar-refractivity contribution in [2.75, 3.05) is 0 Å². The molecule has 0 amide bonds. The summed E-state index contributed by atoms with van der Waals surface area (Å²) < 4.78 is 4.18. The molecule has 0 saturated carbocycles. The first kappa shape index (κ1) is 10.0. The summed E-state index contributed by atoms with van der Waals surface area (Å²) in [6, 6.07) is 4.15. The van der Waals surface area contributed by atoms with Gasteiger partial charge >= 0.3 is 0 Å². The number of thiophene rings is 2. The van der Waals surface area contributed by atoms with E-state index >= 15 is 0 Å². The first-order valence-electron chi connectivity index (χ1n) is 4.87. The van der Waals surface area contributed by atoms with Crippen molar-refractivity contribution in [2.45, 2.75) is 6.10 Å². The summed E-state index contributed by atoms with van der Waals surface area (Å²) in [7, 11) is 1.85. The number of rotatable bonds is 2. The van der Waals surface area contributed by atoms with Gasteiger partial charge in [-0.3, -0.25) is 4.68 Å². The number of fused-ring (bicyclic) bond motifs is 1. The molecule has 0 radical (unpaired) electrons. The van der Waals surface area contributed by atoms with Crippen molar-refractivity contribution < 1.29 is 5.11 Å². The van der Waals surface area contributed by atoms with E-state index in [9.17, 15) is 5.11 Å². The van der Waals surface area contributed by atoms with Crippen LogP contribution in [0.1, 0.15) is 16.5 Å². The zero-order chi connectivity index (χ0) is 11.1. The third-order valence-electron chi connectivity index (χ3n) is 2.47. The average molecular weight is 250 g/mol. The van der Waals surface area contributed by atoms with E-state index in [4.69, 9.17) is 0 Å². The van der Waals surface area contributed by atoms with E-state index in [1.807, 2.05) is 13.2 Å². The Morgan fingerprint density at radius 1 is 1.44 bits per heavy atom. The van der Waals surface area contributed by atoms with Gasteiger partial charge < -0.3 is 5.11 Å². The summed E-state index contributed by atoms with van der Waals surface area (Å²) in [4.78, 5) is 0.981. The van der Waals surface area contributed by atoms with Crippen LogP contribution in [0.4, 0.5) is 0 Å². The molecule has 0 bridgehead atoms. The van der Waals surface area contributed by atoms with Crippen molar-refractivity contribution in [2.24, 2.45) is 7.05 Å². The van der Waals surface area contributed by atoms with E-state index in [2.05, 4.69) is 22.6 Å². The Morgan fingerprint density at radius 3 is 3.00 bits per heavy atom. The van der Waals surface area contributed by atoms with Gasteiger partial charge in [-0.2, -0.15) is 5.10 Å². The number of aromatic nitrogens is 2. The van der Waals surface area contributed by atoms with Gasteiger partial charge in [0.05, 0.1) is 6.20 Å². The SMILES string of the molecule is Cn1cc(C(O)c2cc3sccc3s2)cn1. The lowest BCUT2D eigenvalue weighted by atomic mass is 10.2. The molecule has 0 aliphatic carbocycles. The predicted octanol–water partition coefficient (Wildman–Crippen LogP) is 2.78. The van der Waals surface area contributed by atoms with Crippen LogP contribution in [0.3, 0.4) is 0 Å². The maximum absolute atomic E-state index is 10.2. The highest BCUT2D eigenvalue weighted by atomic mass is 32.1. The number of aryl methyl sites for hydroxylation is 1. The van der Waals surface area contributed by atoms with Crippen LogP contribution in [0, 0.1) is 0 Å². The second-order valence-electron chi connectivity index (χ2n) is 3.65. The Bertz CT molecular complexity index is 594. The highest BCUT2D eigenvalue weighted by Gasteiger charge is 2.15. The van der Waals surface area contributed by atoms with Crippen LogP contribution in [0.15, 0.2) is 29.9 Å². The van der Waals surface area contributed by atoms with Gasteiger partial charge in [0.1, 0.15) is 6.10 Å². The molecule has 82 valence electrons. The summed E-state index contributed by atoms with van der Waals surface area (Å²) in [6.45, 7) is 0. The van der Waals surface area contributed by atoms with E-state index in [1.165, 1.54) is 9.40 Å². The molecule has 0 spiro atoms. The van der Waals surface area contributed by atoms with E-state index in [-0.39, 0.29) is 0 Å². The van der Waals surface area contributed by atoms with Gasteiger partial charge in [0.15, 0.2) is 0 Å². The second-order valence-corrected chi connectivity index (χ2v) is 5.71. The molecule has 0 saturated heterocycles. The number of hydrogen-bond acceptors (Lipinski definition) is 4. The fraction of sp³-hybridized carbons (Fsp3) is 0.182. The summed E-state index contributed by atoms with van der Waals surface area (Å²) in [5.41, 5.74) is 0.844. The van der Waals surface area contributed by atoms with E-state index < -0.39 is 6.10 Å². The number of hydrogen-bond donors (Lipinski definition) is 1. The molecule has 3 rings (SSSR count). The van der Waals surface area contributed by atoms with Crippen LogP contribution in [0.25, 0.3) is 9.40 Å². The normalized spacial score (nSPS) is 13.4. The van der Waals surface area contributed by atoms with Crippen molar-refractivity contribution in [1.82, 2.24) is 9.78 Å². The van der Waals surface area contributed by atoms with Crippen molar-refractivity contribution in [3.05, 3.63) is 40.3 Å². The van der Waals surface area contributed by atoms with Gasteiger partial charge in [-0.05, 0) is 17.5 Å². The molecule has 5 heteroatoms. The monoisotopic (exact) mass is 250 g/mol. The Labute approximate surface area is 101 Å². The molecule has 3 nitrogen and oxygen atoms in total. The molecule has 1 atom stereocenters. The van der Waals surface area contributed by atoms with Crippen LogP contribution in [-0.4, -0.2) is 14.9 Å². The van der Waals surface area contributed by atoms with Crippen LogP contribution in [0.5, 0.6) is 0 Å². The zero-order valence-corrected chi connectivity index (χ0v) is 10.3. The quantitative estimate of drug-likeness (QED) is 0.759. The van der Waals surface area contributed by atoms with Crippen molar-refractivity contribution in [1.29, 1.82) is 0 Å². The van der Waals surface area contributed by atoms with Crippen LogP contribution in [0.2, 0.25) is 0 Å². The second kappa shape index (κ2) is 3.69. The minimum Gasteiger partial charge on any atom is -0.383 e. The lowest BCUT2D eigenvalue weighted by Crippen LogP contribution is -1.94. The smallest absolute Gasteiger partial charge is 0.116 e. The largest absolute Gasteiger partial charge is 0.383 e. The molecule has 0 aliphatic heterocycles. The lowest BCUT2D eigenvalue weighted by molar-refractivity contribution is 0.224. The van der Waals surface area contributed by atoms with Crippen LogP contribution >= 0.6 is 22.7 Å². The van der Waals surface area contributed by atoms with Crippen LogP contribution < -0.4 is 0 Å². The summed E-state index contributed by atoms with van der Waals surface area (Å²) >= 11 is 3.34. The first-order chi connectivity index (χ1) is 7.74. The third kappa shape index (κ3) is 1.57. The maximum Gasteiger partial charge on any atom is 0.116 e. The Morgan fingerprint density at radius 2 is 2.31 bits per heavy atom. The Kier molecular flexibility index (Phi) is 2.31. The molecule has 1 N–H and O–H groups in total. The molecule has 0 aliphatic rings. The predicted molar refractivity (Wildman–Crippen MR) is 67.0 cm³/mol. The van der Waals surface area contributed by atoms with Gasteiger partial charge in [-0.15, -0.1) is 22.7 Å². The van der Waals surface area contributed by atoms with E-state index in [0.717, 1.165) is 10.4 Å². The van der Waals surface area contributed by atoms with Gasteiger partial charge in [-0.1, -0.05) is 0 Å². The Balaban J connectivity index is 2.00. The molecule has 3 aromatic heterocycles. The molecule has 16 heavy (non-hydrogen) atoms. The highest BCUT2D eigenvalue weighted by Crippen LogP contribution is 2.35. The third-order valence-corrected chi connectivity index (χ3v) is 4.61. The summed E-state index contributed by atoms with van der Waals surface area (Å²) in [6.07, 6.45) is 3.00. The molecule has 1 unspecified atom stereocenters. The molecule has 0 fully saturated rings. The molecule has 3 heterocycles. The minimum absolute atomic E-state index is 0.557. The summed E-state index contributed by atoms with van der Waals surface area (Å²) in [5, 5.41) is 16.3. The molecular formula is C11H10N2OS2. The zero-order valence-electron chi connectivity index (χ0n) is 8.62. The van der Waals surface area contributed by atoms with Gasteiger partial charge in [-0.25, -0.2) is 0 Å². The van der Waals surface area contributed by atoms with Crippen molar-refractivity contribution in [3.63, 3.8) is 0 Å². The average Bonchev–Trinajstić information content (AvgIpc) is 2.89. The highest BCUT2D eigenvalue weighted by molar-refractivity contribution is 7.26. The van der Waals surface area contributed by atoms with E-state index in [0.29, 0.717) is 0 Å². The standard InChI is InChI=1S/C11H10N2OS2/c1-13-6-7(5-12-13)11(14)10-4-9-8(16-10)2-3-15-9/h2-6,11,14H,1H3. The lowest BCUT2D eigenvalue weighted by Gasteiger charge is -2.03. The van der Waals surface area contributed by atoms with Crippen LogP contribution in [-0.2, 0) is 7.05 Å². The van der Waals surface area contributed by atoms with Crippen molar-refractivity contribution in [3.8, 4) is 0 Å². The van der Waals surface area contributed by atoms with Gasteiger partial charge in [0.25, 0.3) is 0 Å². The molecular weight excluding hydrogens is 240 g/mol. The van der Waals surface area contributed by atoms with Gasteiger partial charge in [0, 0.05) is 33.1 Å². The maximum atomic E-state index is 10.2. The van der Waals surface area contributed by atoms with E-state index in [1.54, 1.807) is 33.6 Å². The summed E-state index contributed by atoms with van der Waals surface area (Å²) in [5.74, 6) is 0. The fourth-order valence-electron chi connectivity index (χ4n) is 1.66. The minimum atomic E-state index is -0.557.